The molecule has 0 radical (unpaired) electrons. The molecule has 6 aliphatic rings. The number of Topliss-reactive ketones (excluding diaryl/α,β-unsaturated/α-hetero) is 2. The molecular weight excluding hydrogens is 548 g/mol. The number of hydrogen-bond donors (Lipinski definition) is 1. The largest absolute Gasteiger partial charge is 0.506 e. The number of phenolic OH excluding ortho intramolecular Hbond substituents is 1. The summed E-state index contributed by atoms with van der Waals surface area (Å²) in [5, 5.41) is 11.7. The molecule has 6 unspecified atom stereocenters. The lowest BCUT2D eigenvalue weighted by Crippen LogP contribution is -2.80. The highest BCUT2D eigenvalue weighted by molar-refractivity contribution is 6.10. The molecule has 1 aromatic rings. The first-order chi connectivity index (χ1) is 20.2. The molecule has 230 valence electrons. The number of fused-ring (bicyclic) bond motifs is 2. The highest BCUT2D eigenvalue weighted by atomic mass is 16.6. The predicted molar refractivity (Wildman–Crippen MR) is 161 cm³/mol. The molecular formula is C35H42O8. The summed E-state index contributed by atoms with van der Waals surface area (Å²) in [5.74, 6) is -1.82. The number of ketones is 2. The molecule has 1 spiro atoms. The lowest BCUT2D eigenvalue weighted by molar-refractivity contribution is -0.226. The van der Waals surface area contributed by atoms with Gasteiger partial charge in [-0.25, -0.2) is 0 Å². The number of aldehydes is 1. The minimum atomic E-state index is -1.53. The molecule has 8 nitrogen and oxygen atoms in total. The molecule has 1 N–H and O–H groups in total. The van der Waals surface area contributed by atoms with Crippen LogP contribution in [0.3, 0.4) is 0 Å². The van der Waals surface area contributed by atoms with Gasteiger partial charge in [0, 0.05) is 30.4 Å². The van der Waals surface area contributed by atoms with Gasteiger partial charge in [0.25, 0.3) is 0 Å². The van der Waals surface area contributed by atoms with Gasteiger partial charge in [0.1, 0.15) is 34.7 Å². The Morgan fingerprint density at radius 2 is 1.81 bits per heavy atom. The minimum Gasteiger partial charge on any atom is -0.506 e. The number of hydrogen-bond acceptors (Lipinski definition) is 8. The molecule has 7 rings (SSSR count). The zero-order chi connectivity index (χ0) is 31.3. The average molecular weight is 591 g/mol. The Morgan fingerprint density at radius 1 is 1.09 bits per heavy atom. The van der Waals surface area contributed by atoms with E-state index in [1.165, 1.54) is 0 Å². The van der Waals surface area contributed by atoms with Crippen molar-refractivity contribution in [3.05, 3.63) is 46.1 Å². The molecule has 8 heteroatoms. The lowest BCUT2D eigenvalue weighted by atomic mass is 9.45. The van der Waals surface area contributed by atoms with Crippen LogP contribution in [0.4, 0.5) is 0 Å². The Morgan fingerprint density at radius 3 is 2.47 bits per heavy atom. The summed E-state index contributed by atoms with van der Waals surface area (Å²) in [7, 11) is 0. The second-order valence-corrected chi connectivity index (χ2v) is 14.0. The second kappa shape index (κ2) is 9.63. The standard InChI is InChI=1S/C35H42O8/c1-9-40-30-22-16-23-33(7,8)43-34(31(22)39,15-12-19(4)17-36)35(23)25(30)27(38)24-26(37)20-13-14-32(5,6)41-28(20)21(29(24)42-35)11-10-18(2)3/h10,12-14,17,22-23,25,30,37H,9,11,15-16H2,1-8H3. The molecule has 6 atom stereocenters. The number of carbonyl (C=O) groups is 3. The van der Waals surface area contributed by atoms with Crippen molar-refractivity contribution in [3.8, 4) is 17.2 Å². The van der Waals surface area contributed by atoms with Crippen LogP contribution in [0.15, 0.2) is 29.4 Å². The Hall–Kier alpha value is -3.23. The third-order valence-corrected chi connectivity index (χ3v) is 10.1. The van der Waals surface area contributed by atoms with E-state index in [-0.39, 0.29) is 41.0 Å². The van der Waals surface area contributed by atoms with Gasteiger partial charge in [-0.2, -0.15) is 0 Å². The quantitative estimate of drug-likeness (QED) is 0.244. The van der Waals surface area contributed by atoms with E-state index in [9.17, 15) is 19.5 Å². The average Bonchev–Trinajstić information content (AvgIpc) is 3.07. The molecule has 1 saturated heterocycles. The van der Waals surface area contributed by atoms with Gasteiger partial charge in [0.05, 0.1) is 23.2 Å². The fourth-order valence-corrected chi connectivity index (χ4v) is 8.38. The molecule has 0 amide bonds. The van der Waals surface area contributed by atoms with Crippen molar-refractivity contribution in [2.45, 2.75) is 103 Å². The lowest BCUT2D eigenvalue weighted by Gasteiger charge is -2.62. The van der Waals surface area contributed by atoms with E-state index in [1.54, 1.807) is 19.1 Å². The zero-order valence-corrected chi connectivity index (χ0v) is 26.3. The molecule has 43 heavy (non-hydrogen) atoms. The van der Waals surface area contributed by atoms with Crippen molar-refractivity contribution in [2.24, 2.45) is 17.8 Å². The van der Waals surface area contributed by atoms with Crippen molar-refractivity contribution >= 4 is 23.9 Å². The van der Waals surface area contributed by atoms with E-state index < -0.39 is 40.3 Å². The van der Waals surface area contributed by atoms with Crippen LogP contribution in [0.2, 0.25) is 0 Å². The van der Waals surface area contributed by atoms with Gasteiger partial charge in [-0.15, -0.1) is 0 Å². The van der Waals surface area contributed by atoms with Crippen molar-refractivity contribution < 1.29 is 38.4 Å². The second-order valence-electron chi connectivity index (χ2n) is 14.0. The van der Waals surface area contributed by atoms with Crippen LogP contribution < -0.4 is 9.47 Å². The van der Waals surface area contributed by atoms with Gasteiger partial charge in [-0.1, -0.05) is 17.7 Å². The number of phenols is 1. The molecule has 3 aliphatic carbocycles. The molecule has 3 aliphatic heterocycles. The van der Waals surface area contributed by atoms with Crippen molar-refractivity contribution in [1.82, 2.24) is 0 Å². The predicted octanol–water partition coefficient (Wildman–Crippen LogP) is 5.72. The fraction of sp³-hybridized carbons (Fsp3) is 0.571. The van der Waals surface area contributed by atoms with E-state index in [4.69, 9.17) is 18.9 Å². The first-order valence-electron chi connectivity index (χ1n) is 15.3. The summed E-state index contributed by atoms with van der Waals surface area (Å²) >= 11 is 0. The normalized spacial score (nSPS) is 34.1. The van der Waals surface area contributed by atoms with Crippen molar-refractivity contribution in [2.75, 3.05) is 6.61 Å². The SMILES string of the molecule is CCOC1C2CC3C(C)(C)OC(CC=C(C)C=O)(C2=O)C32Oc3c(CC=C(C)C)c4c(c(O)c3C(=O)C12)C=CC(C)(C)O4. The van der Waals surface area contributed by atoms with Crippen LogP contribution in [0, 0.1) is 17.8 Å². The van der Waals surface area contributed by atoms with Gasteiger partial charge in [0.2, 0.25) is 0 Å². The van der Waals surface area contributed by atoms with E-state index >= 15 is 0 Å². The maximum absolute atomic E-state index is 15.0. The Balaban J connectivity index is 1.68. The number of rotatable bonds is 7. The van der Waals surface area contributed by atoms with Crippen LogP contribution in [-0.4, -0.2) is 58.1 Å². The van der Waals surface area contributed by atoms with Crippen LogP contribution in [0.1, 0.15) is 89.7 Å². The zero-order valence-electron chi connectivity index (χ0n) is 26.3. The summed E-state index contributed by atoms with van der Waals surface area (Å²) in [4.78, 5) is 41.2. The van der Waals surface area contributed by atoms with Crippen molar-refractivity contribution in [1.29, 1.82) is 0 Å². The molecule has 3 saturated carbocycles. The topological polar surface area (TPSA) is 108 Å². The van der Waals surface area contributed by atoms with Gasteiger partial charge < -0.3 is 24.1 Å². The van der Waals surface area contributed by atoms with Gasteiger partial charge in [-0.3, -0.25) is 14.4 Å². The summed E-state index contributed by atoms with van der Waals surface area (Å²) in [6, 6.07) is 0. The number of aromatic hydroxyl groups is 1. The van der Waals surface area contributed by atoms with Gasteiger partial charge in [-0.05, 0) is 86.0 Å². The van der Waals surface area contributed by atoms with Crippen LogP contribution in [0.25, 0.3) is 6.08 Å². The summed E-state index contributed by atoms with van der Waals surface area (Å²) in [5.41, 5.74) is -1.73. The third kappa shape index (κ3) is 3.91. The fourth-order valence-electron chi connectivity index (χ4n) is 8.38. The molecule has 4 bridgehead atoms. The summed E-state index contributed by atoms with van der Waals surface area (Å²) < 4.78 is 26.7. The van der Waals surface area contributed by atoms with E-state index in [2.05, 4.69) is 0 Å². The first kappa shape index (κ1) is 29.8. The van der Waals surface area contributed by atoms with Crippen LogP contribution in [0.5, 0.6) is 17.2 Å². The summed E-state index contributed by atoms with van der Waals surface area (Å²) in [6.07, 6.45) is 8.33. The Bertz CT molecular complexity index is 1520. The minimum absolute atomic E-state index is 0.0806. The third-order valence-electron chi connectivity index (χ3n) is 10.1. The van der Waals surface area contributed by atoms with Crippen LogP contribution >= 0.6 is 0 Å². The Labute approximate surface area is 253 Å². The highest BCUT2D eigenvalue weighted by Crippen LogP contribution is 2.70. The smallest absolute Gasteiger partial charge is 0.180 e. The number of benzene rings is 1. The van der Waals surface area contributed by atoms with E-state index in [0.717, 1.165) is 11.9 Å². The molecule has 1 aromatic carbocycles. The summed E-state index contributed by atoms with van der Waals surface area (Å²) in [6.45, 7) is 15.6. The maximum Gasteiger partial charge on any atom is 0.180 e. The number of ether oxygens (including phenoxy) is 4. The number of allylic oxidation sites excluding steroid dienone is 3. The highest BCUT2D eigenvalue weighted by Gasteiger charge is 2.85. The molecule has 0 aromatic heterocycles. The first-order valence-corrected chi connectivity index (χ1v) is 15.3. The van der Waals surface area contributed by atoms with Crippen molar-refractivity contribution in [3.63, 3.8) is 0 Å². The molecule has 4 fully saturated rings. The monoisotopic (exact) mass is 590 g/mol. The molecule has 3 heterocycles. The van der Waals surface area contributed by atoms with E-state index in [1.807, 2.05) is 60.6 Å². The Kier molecular flexibility index (Phi) is 6.68. The van der Waals surface area contributed by atoms with E-state index in [0.29, 0.717) is 41.9 Å². The van der Waals surface area contributed by atoms with Gasteiger partial charge in [0.15, 0.2) is 22.8 Å². The maximum atomic E-state index is 15.0. The van der Waals surface area contributed by atoms with Crippen LogP contribution in [-0.2, 0) is 25.5 Å². The number of carbonyl (C=O) groups excluding carboxylic acids is 3. The van der Waals surface area contributed by atoms with Gasteiger partial charge >= 0.3 is 0 Å².